The van der Waals surface area contributed by atoms with Crippen LogP contribution in [0.15, 0.2) is 18.2 Å². The van der Waals surface area contributed by atoms with E-state index in [-0.39, 0.29) is 23.2 Å². The second-order valence-electron chi connectivity index (χ2n) is 4.18. The molecule has 1 aromatic carbocycles. The Kier molecular flexibility index (Phi) is 3.31. The number of hydrogen-bond donors (Lipinski definition) is 3. The molecule has 0 radical (unpaired) electrons. The third-order valence-electron chi connectivity index (χ3n) is 2.88. The summed E-state index contributed by atoms with van der Waals surface area (Å²) in [5.41, 5.74) is -0.0742. The summed E-state index contributed by atoms with van der Waals surface area (Å²) in [4.78, 5) is 21.4. The minimum atomic E-state index is -0.613. The smallest absolute Gasteiger partial charge is 0.319 e. The van der Waals surface area contributed by atoms with Crippen molar-refractivity contribution in [1.82, 2.24) is 5.32 Å². The summed E-state index contributed by atoms with van der Waals surface area (Å²) >= 11 is 0. The number of anilines is 1. The zero-order chi connectivity index (χ0) is 13.1. The van der Waals surface area contributed by atoms with E-state index in [0.717, 1.165) is 25.3 Å². The predicted octanol–water partition coefficient (Wildman–Crippen LogP) is 1.97. The van der Waals surface area contributed by atoms with E-state index in [9.17, 15) is 20.0 Å². The van der Waals surface area contributed by atoms with Crippen molar-refractivity contribution in [2.24, 2.45) is 0 Å². The topological polar surface area (TPSA) is 104 Å². The molecule has 2 amide bonds. The molecule has 96 valence electrons. The number of rotatable bonds is 3. The van der Waals surface area contributed by atoms with E-state index >= 15 is 0 Å². The first-order valence-corrected chi connectivity index (χ1v) is 5.61. The molecule has 1 aliphatic rings. The molecule has 7 nitrogen and oxygen atoms in total. The van der Waals surface area contributed by atoms with E-state index < -0.39 is 11.0 Å². The number of phenols is 1. The Labute approximate surface area is 103 Å². The van der Waals surface area contributed by atoms with Crippen molar-refractivity contribution in [1.29, 1.82) is 0 Å². The predicted molar refractivity (Wildman–Crippen MR) is 64.6 cm³/mol. The van der Waals surface area contributed by atoms with Crippen LogP contribution in [0, 0.1) is 10.1 Å². The van der Waals surface area contributed by atoms with Crippen molar-refractivity contribution < 1.29 is 14.8 Å². The van der Waals surface area contributed by atoms with Crippen LogP contribution in [0.3, 0.4) is 0 Å². The van der Waals surface area contributed by atoms with Gasteiger partial charge in [-0.2, -0.15) is 0 Å². The van der Waals surface area contributed by atoms with Gasteiger partial charge in [-0.25, -0.2) is 4.79 Å². The van der Waals surface area contributed by atoms with E-state index in [0.29, 0.717) is 0 Å². The van der Waals surface area contributed by atoms with Crippen molar-refractivity contribution in [2.75, 3.05) is 5.32 Å². The minimum absolute atomic E-state index is 0.150. The number of nitro benzene ring substituents is 1. The molecular formula is C11H13N3O4. The maximum Gasteiger partial charge on any atom is 0.319 e. The molecule has 2 rings (SSSR count). The fourth-order valence-electron chi connectivity index (χ4n) is 1.64. The van der Waals surface area contributed by atoms with Gasteiger partial charge in [-0.05, 0) is 25.3 Å². The second kappa shape index (κ2) is 4.91. The molecule has 0 aromatic heterocycles. The first-order chi connectivity index (χ1) is 8.56. The highest BCUT2D eigenvalue weighted by Crippen LogP contribution is 2.28. The highest BCUT2D eigenvalue weighted by molar-refractivity contribution is 5.91. The lowest BCUT2D eigenvalue weighted by atomic mass is 9.93. The van der Waals surface area contributed by atoms with Gasteiger partial charge in [0.05, 0.1) is 16.7 Å². The zero-order valence-electron chi connectivity index (χ0n) is 9.55. The van der Waals surface area contributed by atoms with Gasteiger partial charge in [0, 0.05) is 12.1 Å². The molecule has 0 aliphatic heterocycles. The average molecular weight is 251 g/mol. The van der Waals surface area contributed by atoms with Crippen LogP contribution in [-0.2, 0) is 0 Å². The van der Waals surface area contributed by atoms with Gasteiger partial charge in [0.2, 0.25) is 0 Å². The first-order valence-electron chi connectivity index (χ1n) is 5.61. The van der Waals surface area contributed by atoms with E-state index in [1.165, 1.54) is 12.1 Å². The quantitative estimate of drug-likeness (QED) is 0.434. The number of nitrogens with zero attached hydrogens (tertiary/aromatic N) is 1. The summed E-state index contributed by atoms with van der Waals surface area (Å²) in [5.74, 6) is -0.326. The van der Waals surface area contributed by atoms with Crippen LogP contribution in [0.25, 0.3) is 0 Å². The van der Waals surface area contributed by atoms with Gasteiger partial charge in [0.25, 0.3) is 5.69 Å². The molecule has 1 aliphatic carbocycles. The number of hydrogen-bond acceptors (Lipinski definition) is 4. The molecule has 0 bridgehead atoms. The summed E-state index contributed by atoms with van der Waals surface area (Å²) in [6.45, 7) is 0. The Morgan fingerprint density at radius 2 is 2.17 bits per heavy atom. The number of benzene rings is 1. The standard InChI is InChI=1S/C11H13N3O4/c15-10-6-8(14(17)18)4-5-9(10)13-11(16)12-7-2-1-3-7/h4-7,15H,1-3H2,(H2,12,13,16). The molecule has 0 atom stereocenters. The summed E-state index contributed by atoms with van der Waals surface area (Å²) < 4.78 is 0. The van der Waals surface area contributed by atoms with Gasteiger partial charge < -0.3 is 15.7 Å². The first kappa shape index (κ1) is 12.2. The molecule has 0 saturated heterocycles. The second-order valence-corrected chi connectivity index (χ2v) is 4.18. The number of amides is 2. The Morgan fingerprint density at radius 3 is 2.67 bits per heavy atom. The lowest BCUT2D eigenvalue weighted by Crippen LogP contribution is -2.41. The number of carbonyl (C=O) groups is 1. The molecule has 1 fully saturated rings. The van der Waals surface area contributed by atoms with Gasteiger partial charge in [-0.3, -0.25) is 10.1 Å². The van der Waals surface area contributed by atoms with Gasteiger partial charge in [-0.15, -0.1) is 0 Å². The molecular weight excluding hydrogens is 238 g/mol. The lowest BCUT2D eigenvalue weighted by Gasteiger charge is -2.26. The van der Waals surface area contributed by atoms with Gasteiger partial charge in [0.15, 0.2) is 0 Å². The fourth-order valence-corrected chi connectivity index (χ4v) is 1.64. The highest BCUT2D eigenvalue weighted by atomic mass is 16.6. The van der Waals surface area contributed by atoms with Crippen molar-refractivity contribution >= 4 is 17.4 Å². The molecule has 0 heterocycles. The molecule has 18 heavy (non-hydrogen) atoms. The van der Waals surface area contributed by atoms with Crippen LogP contribution in [0.4, 0.5) is 16.2 Å². The number of nitrogens with one attached hydrogen (secondary N) is 2. The van der Waals surface area contributed by atoms with Crippen LogP contribution in [0.2, 0.25) is 0 Å². The Morgan fingerprint density at radius 1 is 1.44 bits per heavy atom. The van der Waals surface area contributed by atoms with Crippen LogP contribution < -0.4 is 10.6 Å². The number of phenolic OH excluding ortho intramolecular Hbond substituents is 1. The van der Waals surface area contributed by atoms with Crippen LogP contribution in [-0.4, -0.2) is 22.1 Å². The van der Waals surface area contributed by atoms with Gasteiger partial charge in [-0.1, -0.05) is 0 Å². The number of urea groups is 1. The maximum absolute atomic E-state index is 11.5. The number of nitro groups is 1. The van der Waals surface area contributed by atoms with E-state index in [1.54, 1.807) is 0 Å². The monoisotopic (exact) mass is 251 g/mol. The van der Waals surface area contributed by atoms with E-state index in [1.807, 2.05) is 0 Å². The van der Waals surface area contributed by atoms with Crippen molar-refractivity contribution in [3.63, 3.8) is 0 Å². The fraction of sp³-hybridized carbons (Fsp3) is 0.364. The van der Waals surface area contributed by atoms with Crippen LogP contribution in [0.1, 0.15) is 19.3 Å². The number of aromatic hydroxyl groups is 1. The zero-order valence-corrected chi connectivity index (χ0v) is 9.55. The normalized spacial score (nSPS) is 14.7. The van der Waals surface area contributed by atoms with Crippen LogP contribution >= 0.6 is 0 Å². The number of non-ortho nitro benzene ring substituents is 1. The average Bonchev–Trinajstić information content (AvgIpc) is 2.26. The Hall–Kier alpha value is -2.31. The molecule has 1 aromatic rings. The molecule has 7 heteroatoms. The molecule has 1 saturated carbocycles. The van der Waals surface area contributed by atoms with Crippen LogP contribution in [0.5, 0.6) is 5.75 Å². The summed E-state index contributed by atoms with van der Waals surface area (Å²) in [6, 6.07) is 3.29. The summed E-state index contributed by atoms with van der Waals surface area (Å²) in [6.07, 6.45) is 3.02. The maximum atomic E-state index is 11.5. The molecule has 3 N–H and O–H groups in total. The third kappa shape index (κ3) is 2.68. The van der Waals surface area contributed by atoms with E-state index in [2.05, 4.69) is 10.6 Å². The summed E-state index contributed by atoms with van der Waals surface area (Å²) in [5, 5.41) is 25.2. The SMILES string of the molecule is O=C(Nc1ccc([N+](=O)[O-])cc1O)NC1CCC1. The molecule has 0 spiro atoms. The largest absolute Gasteiger partial charge is 0.506 e. The number of carbonyl (C=O) groups excluding carboxylic acids is 1. The van der Waals surface area contributed by atoms with Crippen molar-refractivity contribution in [3.05, 3.63) is 28.3 Å². The third-order valence-corrected chi connectivity index (χ3v) is 2.88. The minimum Gasteiger partial charge on any atom is -0.506 e. The van der Waals surface area contributed by atoms with E-state index in [4.69, 9.17) is 0 Å². The van der Waals surface area contributed by atoms with Crippen molar-refractivity contribution in [3.8, 4) is 5.75 Å². The summed E-state index contributed by atoms with van der Waals surface area (Å²) in [7, 11) is 0. The van der Waals surface area contributed by atoms with Crippen molar-refractivity contribution in [2.45, 2.75) is 25.3 Å². The van der Waals surface area contributed by atoms with Gasteiger partial charge >= 0.3 is 6.03 Å². The highest BCUT2D eigenvalue weighted by Gasteiger charge is 2.20. The lowest BCUT2D eigenvalue weighted by molar-refractivity contribution is -0.384. The Bertz CT molecular complexity index is 485. The molecule has 0 unspecified atom stereocenters. The Balaban J connectivity index is 2.00. The van der Waals surface area contributed by atoms with Gasteiger partial charge in [0.1, 0.15) is 5.75 Å².